The van der Waals surface area contributed by atoms with Crippen molar-refractivity contribution in [2.75, 3.05) is 23.5 Å². The summed E-state index contributed by atoms with van der Waals surface area (Å²) in [5.74, 6) is -0.0652. The quantitative estimate of drug-likeness (QED) is 0.402. The van der Waals surface area contributed by atoms with Gasteiger partial charge in [0, 0.05) is 5.54 Å². The van der Waals surface area contributed by atoms with Gasteiger partial charge in [-0.3, -0.25) is 15.5 Å². The highest BCUT2D eigenvalue weighted by Crippen LogP contribution is 2.54. The van der Waals surface area contributed by atoms with Gasteiger partial charge >= 0.3 is 5.97 Å². The first kappa shape index (κ1) is 17.2. The SMILES string of the molecule is CCOC(=O)CN(c1nc(Cl)ncc1NO)C12CCC(O)(CC1)C2. The summed E-state index contributed by atoms with van der Waals surface area (Å²) in [6.07, 6.45) is 4.71. The maximum atomic E-state index is 12.1. The zero-order chi connectivity index (χ0) is 17.4. The van der Waals surface area contributed by atoms with Gasteiger partial charge in [-0.2, -0.15) is 4.98 Å². The Morgan fingerprint density at radius 1 is 1.46 bits per heavy atom. The van der Waals surface area contributed by atoms with E-state index in [-0.39, 0.29) is 24.1 Å². The van der Waals surface area contributed by atoms with E-state index in [2.05, 4.69) is 15.4 Å². The minimum Gasteiger partial charge on any atom is -0.465 e. The second-order valence-corrected chi connectivity index (χ2v) is 6.84. The molecule has 2 bridgehead atoms. The van der Waals surface area contributed by atoms with Crippen molar-refractivity contribution in [1.82, 2.24) is 9.97 Å². The number of aromatic nitrogens is 2. The van der Waals surface area contributed by atoms with Crippen LogP contribution in [0.15, 0.2) is 6.20 Å². The number of nitrogens with one attached hydrogen (secondary N) is 1. The van der Waals surface area contributed by atoms with E-state index >= 15 is 0 Å². The molecule has 0 spiro atoms. The van der Waals surface area contributed by atoms with E-state index < -0.39 is 17.1 Å². The third-order valence-electron chi connectivity index (χ3n) is 5.05. The van der Waals surface area contributed by atoms with E-state index in [0.29, 0.717) is 25.1 Å². The number of aliphatic hydroxyl groups is 1. The smallest absolute Gasteiger partial charge is 0.325 e. The van der Waals surface area contributed by atoms with Crippen LogP contribution >= 0.6 is 11.6 Å². The molecule has 24 heavy (non-hydrogen) atoms. The highest BCUT2D eigenvalue weighted by Gasteiger charge is 2.57. The molecular formula is C15H21ClN4O4. The van der Waals surface area contributed by atoms with Crippen LogP contribution in [0.5, 0.6) is 0 Å². The number of carbonyl (C=O) groups excluding carboxylic acids is 1. The van der Waals surface area contributed by atoms with Gasteiger partial charge in [0.2, 0.25) is 5.28 Å². The number of rotatable bonds is 6. The number of hydrogen-bond donors (Lipinski definition) is 3. The van der Waals surface area contributed by atoms with Crippen LogP contribution in [0.25, 0.3) is 0 Å². The fourth-order valence-electron chi connectivity index (χ4n) is 3.95. The van der Waals surface area contributed by atoms with Crippen LogP contribution < -0.4 is 10.4 Å². The van der Waals surface area contributed by atoms with Crippen molar-refractivity contribution < 1.29 is 19.8 Å². The summed E-state index contributed by atoms with van der Waals surface area (Å²) in [6, 6.07) is 0. The minimum atomic E-state index is -0.698. The van der Waals surface area contributed by atoms with E-state index in [4.69, 9.17) is 16.3 Å². The van der Waals surface area contributed by atoms with Crippen LogP contribution in [0.1, 0.15) is 39.0 Å². The Morgan fingerprint density at radius 3 is 2.71 bits per heavy atom. The van der Waals surface area contributed by atoms with E-state index in [1.54, 1.807) is 11.8 Å². The Bertz CT molecular complexity index is 634. The number of anilines is 2. The molecule has 0 amide bonds. The molecule has 8 nitrogen and oxygen atoms in total. The predicted molar refractivity (Wildman–Crippen MR) is 87.2 cm³/mol. The molecule has 2 saturated carbocycles. The highest BCUT2D eigenvalue weighted by atomic mass is 35.5. The summed E-state index contributed by atoms with van der Waals surface area (Å²) in [4.78, 5) is 22.0. The lowest BCUT2D eigenvalue weighted by Crippen LogP contribution is -2.49. The largest absolute Gasteiger partial charge is 0.465 e. The fraction of sp³-hybridized carbons (Fsp3) is 0.667. The molecule has 0 atom stereocenters. The Kier molecular flexibility index (Phi) is 4.54. The number of ether oxygens (including phenoxy) is 1. The molecule has 2 aliphatic rings. The minimum absolute atomic E-state index is 0.0144. The van der Waals surface area contributed by atoms with Gasteiger partial charge in [-0.05, 0) is 50.6 Å². The molecular weight excluding hydrogens is 336 g/mol. The summed E-state index contributed by atoms with van der Waals surface area (Å²) >= 11 is 5.92. The standard InChI is InChI=1S/C15H21ClN4O4/c1-2-24-11(21)8-20(12-10(19-23)7-17-13(16)18-12)14-3-5-15(22,9-14)6-4-14/h7,19,22-23H,2-6,8-9H2,1H3. The van der Waals surface area contributed by atoms with Crippen molar-refractivity contribution in [2.45, 2.75) is 50.2 Å². The number of fused-ring (bicyclic) bond motifs is 2. The predicted octanol–water partition coefficient (Wildman–Crippen LogP) is 1.75. The lowest BCUT2D eigenvalue weighted by atomic mass is 9.91. The van der Waals surface area contributed by atoms with Crippen LogP contribution in [0.4, 0.5) is 11.5 Å². The van der Waals surface area contributed by atoms with E-state index in [9.17, 15) is 15.1 Å². The maximum absolute atomic E-state index is 12.1. The van der Waals surface area contributed by atoms with Crippen molar-refractivity contribution >= 4 is 29.1 Å². The van der Waals surface area contributed by atoms with Gasteiger partial charge in [0.05, 0.1) is 18.4 Å². The molecule has 132 valence electrons. The van der Waals surface area contributed by atoms with Crippen molar-refractivity contribution in [3.63, 3.8) is 0 Å². The van der Waals surface area contributed by atoms with E-state index in [1.807, 2.05) is 0 Å². The summed E-state index contributed by atoms with van der Waals surface area (Å²) in [5, 5.41) is 20.0. The lowest BCUT2D eigenvalue weighted by Gasteiger charge is -2.40. The topological polar surface area (TPSA) is 108 Å². The average Bonchev–Trinajstić information content (AvgIpc) is 3.07. The molecule has 3 rings (SSSR count). The monoisotopic (exact) mass is 356 g/mol. The Hall–Kier alpha value is -1.64. The third kappa shape index (κ3) is 3.01. The second kappa shape index (κ2) is 6.34. The first-order valence-electron chi connectivity index (χ1n) is 8.00. The Morgan fingerprint density at radius 2 is 2.17 bits per heavy atom. The molecule has 0 saturated heterocycles. The second-order valence-electron chi connectivity index (χ2n) is 6.50. The average molecular weight is 357 g/mol. The number of nitrogens with zero attached hydrogens (tertiary/aromatic N) is 3. The summed E-state index contributed by atoms with van der Waals surface area (Å²) in [7, 11) is 0. The summed E-state index contributed by atoms with van der Waals surface area (Å²) < 4.78 is 5.08. The van der Waals surface area contributed by atoms with Crippen LogP contribution in [-0.4, -0.2) is 50.5 Å². The molecule has 2 aliphatic carbocycles. The van der Waals surface area contributed by atoms with Crippen LogP contribution in [0, 0.1) is 0 Å². The van der Waals surface area contributed by atoms with Crippen molar-refractivity contribution in [2.24, 2.45) is 0 Å². The van der Waals surface area contributed by atoms with Crippen molar-refractivity contribution in [3.8, 4) is 0 Å². The molecule has 1 heterocycles. The molecule has 3 N–H and O–H groups in total. The summed E-state index contributed by atoms with van der Waals surface area (Å²) in [5.41, 5.74) is 1.20. The van der Waals surface area contributed by atoms with Gasteiger partial charge in [-0.25, -0.2) is 4.98 Å². The van der Waals surface area contributed by atoms with E-state index in [0.717, 1.165) is 12.8 Å². The van der Waals surface area contributed by atoms with Gasteiger partial charge < -0.3 is 14.7 Å². The molecule has 0 radical (unpaired) electrons. The molecule has 1 aromatic rings. The zero-order valence-electron chi connectivity index (χ0n) is 13.5. The number of halogens is 1. The molecule has 0 aromatic carbocycles. The number of hydrogen-bond acceptors (Lipinski definition) is 8. The Balaban J connectivity index is 2.00. The lowest BCUT2D eigenvalue weighted by molar-refractivity contribution is -0.141. The highest BCUT2D eigenvalue weighted by molar-refractivity contribution is 6.28. The van der Waals surface area contributed by atoms with Crippen molar-refractivity contribution in [1.29, 1.82) is 0 Å². The van der Waals surface area contributed by atoms with Gasteiger partial charge in [-0.1, -0.05) is 0 Å². The molecule has 0 aliphatic heterocycles. The van der Waals surface area contributed by atoms with E-state index in [1.165, 1.54) is 6.20 Å². The van der Waals surface area contributed by atoms with Gasteiger partial charge in [0.15, 0.2) is 5.82 Å². The number of esters is 1. The fourth-order valence-corrected chi connectivity index (χ4v) is 4.08. The molecule has 9 heteroatoms. The van der Waals surface area contributed by atoms with Gasteiger partial charge in [-0.15, -0.1) is 0 Å². The first-order chi connectivity index (χ1) is 11.4. The van der Waals surface area contributed by atoms with Crippen LogP contribution in [-0.2, 0) is 9.53 Å². The molecule has 1 aromatic heterocycles. The van der Waals surface area contributed by atoms with Crippen molar-refractivity contribution in [3.05, 3.63) is 11.5 Å². The van der Waals surface area contributed by atoms with Gasteiger partial charge in [0.1, 0.15) is 12.2 Å². The van der Waals surface area contributed by atoms with Gasteiger partial charge in [0.25, 0.3) is 0 Å². The Labute approximate surface area is 144 Å². The molecule has 0 unspecified atom stereocenters. The third-order valence-corrected chi connectivity index (χ3v) is 5.23. The summed E-state index contributed by atoms with van der Waals surface area (Å²) in [6.45, 7) is 1.98. The van der Waals surface area contributed by atoms with Crippen LogP contribution in [0.3, 0.4) is 0 Å². The number of carbonyl (C=O) groups is 1. The zero-order valence-corrected chi connectivity index (χ0v) is 14.2. The first-order valence-corrected chi connectivity index (χ1v) is 8.37. The maximum Gasteiger partial charge on any atom is 0.325 e. The normalized spacial score (nSPS) is 28.0. The van der Waals surface area contributed by atoms with Crippen LogP contribution in [0.2, 0.25) is 5.28 Å². The molecule has 2 fully saturated rings.